The van der Waals surface area contributed by atoms with E-state index in [2.05, 4.69) is 28.6 Å². The van der Waals surface area contributed by atoms with E-state index in [0.29, 0.717) is 56.6 Å². The van der Waals surface area contributed by atoms with Crippen molar-refractivity contribution in [1.29, 1.82) is 0 Å². The number of benzene rings is 1. The van der Waals surface area contributed by atoms with E-state index in [1.807, 2.05) is 0 Å². The third kappa shape index (κ3) is 11.4. The van der Waals surface area contributed by atoms with Crippen molar-refractivity contribution in [2.75, 3.05) is 37.4 Å². The molecule has 0 saturated carbocycles. The number of imide groups is 1. The number of hydrogen-bond acceptors (Lipinski definition) is 8. The van der Waals surface area contributed by atoms with Crippen LogP contribution >= 0.6 is 12.6 Å². The van der Waals surface area contributed by atoms with Crippen LogP contribution in [0.2, 0.25) is 0 Å². The van der Waals surface area contributed by atoms with Crippen LogP contribution in [0, 0.1) is 0 Å². The summed E-state index contributed by atoms with van der Waals surface area (Å²) in [7, 11) is 0. The number of nitrogens with one attached hydrogen (secondary N) is 3. The lowest BCUT2D eigenvalue weighted by molar-refractivity contribution is -0.152. The maximum atomic E-state index is 12.1. The fourth-order valence-corrected chi connectivity index (χ4v) is 3.85. The average Bonchev–Trinajstić information content (AvgIpc) is 2.86. The minimum absolute atomic E-state index is 0.114. The van der Waals surface area contributed by atoms with Crippen molar-refractivity contribution >= 4 is 53.6 Å². The number of likely N-dealkylation sites (tertiary alicyclic amines) is 1. The van der Waals surface area contributed by atoms with Crippen LogP contribution < -0.4 is 16.0 Å². The number of nitrogens with zero attached hydrogens (tertiary/aromatic N) is 1. The van der Waals surface area contributed by atoms with E-state index in [1.54, 1.807) is 24.3 Å². The molecule has 0 radical (unpaired) electrons. The summed E-state index contributed by atoms with van der Waals surface area (Å²) in [5.41, 5.74) is 1.47. The Hall–Kier alpha value is -3.25. The first kappa shape index (κ1) is 31.0. The van der Waals surface area contributed by atoms with Crippen molar-refractivity contribution in [3.05, 3.63) is 29.8 Å². The molecule has 0 spiro atoms. The number of carbonyl (C=O) groups is 6. The van der Waals surface area contributed by atoms with Gasteiger partial charge < -0.3 is 20.7 Å². The maximum absolute atomic E-state index is 12.1. The van der Waals surface area contributed by atoms with Crippen molar-refractivity contribution in [2.45, 2.75) is 57.9 Å². The molecule has 5 amide bonds. The smallest absolute Gasteiger partial charge is 0.250 e. The van der Waals surface area contributed by atoms with Gasteiger partial charge in [0.1, 0.15) is 13.2 Å². The Morgan fingerprint density at radius 1 is 1.00 bits per heavy atom. The molecule has 1 unspecified atom stereocenters. The number of ketones is 1. The van der Waals surface area contributed by atoms with Gasteiger partial charge in [-0.25, -0.2) is 0 Å². The van der Waals surface area contributed by atoms with Crippen LogP contribution in [-0.2, 0) is 39.9 Å². The highest BCUT2D eigenvalue weighted by Gasteiger charge is 2.29. The molecule has 11 nitrogen and oxygen atoms in total. The molecule has 208 valence electrons. The summed E-state index contributed by atoms with van der Waals surface area (Å²) in [5, 5.41) is 8.05. The predicted molar refractivity (Wildman–Crippen MR) is 143 cm³/mol. The number of ether oxygens (including phenoxy) is 1. The lowest BCUT2D eigenvalue weighted by atomic mass is 10.1. The first-order chi connectivity index (χ1) is 18.2. The zero-order valence-electron chi connectivity index (χ0n) is 21.6. The molecule has 1 aromatic rings. The Morgan fingerprint density at radius 2 is 1.71 bits per heavy atom. The first-order valence-electron chi connectivity index (χ1n) is 12.7. The van der Waals surface area contributed by atoms with Crippen LogP contribution in [0.5, 0.6) is 0 Å². The molecule has 0 bridgehead atoms. The van der Waals surface area contributed by atoms with Gasteiger partial charge in [-0.2, -0.15) is 12.6 Å². The number of hydrogen-bond donors (Lipinski definition) is 4. The van der Waals surface area contributed by atoms with Crippen LogP contribution in [0.15, 0.2) is 24.3 Å². The number of amides is 5. The summed E-state index contributed by atoms with van der Waals surface area (Å²) < 4.78 is 5.17. The summed E-state index contributed by atoms with van der Waals surface area (Å²) >= 11 is 4.00. The minimum atomic E-state index is -0.539. The highest BCUT2D eigenvalue weighted by Crippen LogP contribution is 2.14. The van der Waals surface area contributed by atoms with Crippen LogP contribution in [0.1, 0.15) is 51.0 Å². The molecule has 38 heavy (non-hydrogen) atoms. The third-order valence-corrected chi connectivity index (χ3v) is 6.11. The van der Waals surface area contributed by atoms with Crippen molar-refractivity contribution in [2.24, 2.45) is 0 Å². The maximum Gasteiger partial charge on any atom is 0.250 e. The average molecular weight is 549 g/mol. The van der Waals surface area contributed by atoms with Gasteiger partial charge >= 0.3 is 0 Å². The summed E-state index contributed by atoms with van der Waals surface area (Å²) in [6.45, 7) is 1.75. The van der Waals surface area contributed by atoms with Gasteiger partial charge in [-0.1, -0.05) is 12.1 Å². The van der Waals surface area contributed by atoms with E-state index in [9.17, 15) is 28.8 Å². The number of β-lactam (4-membered cyclic amide) rings is 1. The van der Waals surface area contributed by atoms with Crippen molar-refractivity contribution in [3.63, 3.8) is 0 Å². The summed E-state index contributed by atoms with van der Waals surface area (Å²) in [6, 6.07) is 6.47. The largest absolute Gasteiger partial charge is 0.362 e. The molecule has 0 aliphatic carbocycles. The molecular formula is C26H36N4O7S. The number of anilines is 1. The number of unbranched alkanes of at least 4 members (excludes halogenated alkanes) is 1. The van der Waals surface area contributed by atoms with E-state index < -0.39 is 11.9 Å². The van der Waals surface area contributed by atoms with E-state index >= 15 is 0 Å². The number of rotatable bonds is 17. The lowest BCUT2D eigenvalue weighted by Crippen LogP contribution is -2.47. The second-order valence-corrected chi connectivity index (χ2v) is 9.42. The Labute approximate surface area is 227 Å². The van der Waals surface area contributed by atoms with Crippen LogP contribution in [0.25, 0.3) is 0 Å². The molecule has 1 atom stereocenters. The number of aryl methyl sites for hydroxylation is 1. The second-order valence-electron chi connectivity index (χ2n) is 8.98. The van der Waals surface area contributed by atoms with Crippen molar-refractivity contribution in [3.8, 4) is 0 Å². The second kappa shape index (κ2) is 16.6. The quantitative estimate of drug-likeness (QED) is 0.129. The lowest BCUT2D eigenvalue weighted by Gasteiger charge is -2.28. The minimum Gasteiger partial charge on any atom is -0.362 e. The van der Waals surface area contributed by atoms with Gasteiger partial charge in [0.25, 0.3) is 0 Å². The van der Waals surface area contributed by atoms with Crippen LogP contribution in [-0.4, -0.2) is 78.3 Å². The monoisotopic (exact) mass is 548 g/mol. The predicted octanol–water partition coefficient (Wildman–Crippen LogP) is 1.01. The fraction of sp³-hybridized carbons (Fsp3) is 0.538. The fourth-order valence-electron chi connectivity index (χ4n) is 3.65. The highest BCUT2D eigenvalue weighted by molar-refractivity contribution is 7.80. The topological polar surface area (TPSA) is 151 Å². The molecule has 0 aromatic heterocycles. The summed E-state index contributed by atoms with van der Waals surface area (Å²) in [6.07, 6.45) is 3.18. The number of carbonyl (C=O) groups excluding carboxylic acids is 6. The first-order valence-corrected chi connectivity index (χ1v) is 13.3. The van der Waals surface area contributed by atoms with Gasteiger partial charge in [0.15, 0.2) is 5.78 Å². The summed E-state index contributed by atoms with van der Waals surface area (Å²) in [5.74, 6) is -0.987. The van der Waals surface area contributed by atoms with Gasteiger partial charge in [0.2, 0.25) is 29.5 Å². The third-order valence-electron chi connectivity index (χ3n) is 5.89. The normalized spacial score (nSPS) is 13.3. The molecule has 12 heteroatoms. The number of thiol groups is 1. The SMILES string of the molecule is CC(=O)C(CCCCNC(=O)COCC(=O)Nc1ccc(CCC(=O)N2CCC2=O)cc1)NC(=O)CCS. The van der Waals surface area contributed by atoms with Crippen molar-refractivity contribution in [1.82, 2.24) is 15.5 Å². The van der Waals surface area contributed by atoms with Crippen molar-refractivity contribution < 1.29 is 33.5 Å². The number of Topliss-reactive ketones (excluding diaryl/α,β-unsaturated/α-hetero) is 1. The Morgan fingerprint density at radius 3 is 2.32 bits per heavy atom. The Kier molecular flexibility index (Phi) is 13.5. The molecule has 1 aromatic carbocycles. The zero-order chi connectivity index (χ0) is 27.9. The molecule has 1 heterocycles. The molecule has 2 rings (SSSR count). The van der Waals surface area contributed by atoms with Gasteiger partial charge in [0.05, 0.1) is 6.04 Å². The van der Waals surface area contributed by atoms with Crippen LogP contribution in [0.3, 0.4) is 0 Å². The molecule has 1 fully saturated rings. The van der Waals surface area contributed by atoms with E-state index in [-0.39, 0.29) is 55.5 Å². The molecule has 1 aliphatic heterocycles. The van der Waals surface area contributed by atoms with E-state index in [0.717, 1.165) is 5.56 Å². The standard InChI is InChI=1S/C26H36N4O7S/c1-18(31)21(29-22(32)12-15-38)4-2-3-13-27-23(33)16-37-17-24(34)28-20-8-5-19(6-9-20)7-10-25(35)30-14-11-26(30)36/h5-6,8-9,21,38H,2-4,7,10-17H2,1H3,(H,27,33)(H,28,34)(H,29,32). The molecule has 1 saturated heterocycles. The Balaban J connectivity index is 1.55. The van der Waals surface area contributed by atoms with Gasteiger partial charge in [-0.15, -0.1) is 0 Å². The van der Waals surface area contributed by atoms with E-state index in [4.69, 9.17) is 4.74 Å². The Bertz CT molecular complexity index is 1000. The molecular weight excluding hydrogens is 512 g/mol. The zero-order valence-corrected chi connectivity index (χ0v) is 22.5. The van der Waals surface area contributed by atoms with E-state index in [1.165, 1.54) is 11.8 Å². The molecule has 1 aliphatic rings. The highest BCUT2D eigenvalue weighted by atomic mass is 32.1. The molecule has 3 N–H and O–H groups in total. The van der Waals surface area contributed by atoms with Crippen LogP contribution in [0.4, 0.5) is 5.69 Å². The van der Waals surface area contributed by atoms with Gasteiger partial charge in [0, 0.05) is 38.0 Å². The summed E-state index contributed by atoms with van der Waals surface area (Å²) in [4.78, 5) is 71.8. The van der Waals surface area contributed by atoms with Gasteiger partial charge in [-0.05, 0) is 56.1 Å². The van der Waals surface area contributed by atoms with Gasteiger partial charge in [-0.3, -0.25) is 33.7 Å².